The number of amides is 1. The molecule has 0 aromatic heterocycles. The number of benzene rings is 2. The van der Waals surface area contributed by atoms with Gasteiger partial charge in [0.2, 0.25) is 5.91 Å². The van der Waals surface area contributed by atoms with Crippen LogP contribution in [0.3, 0.4) is 0 Å². The summed E-state index contributed by atoms with van der Waals surface area (Å²) in [5.41, 5.74) is -1.19. The minimum absolute atomic E-state index is 0.0185. The molecule has 204 valence electrons. The summed E-state index contributed by atoms with van der Waals surface area (Å²) >= 11 is 0. The summed E-state index contributed by atoms with van der Waals surface area (Å²) in [6.07, 6.45) is -1.79. The van der Waals surface area contributed by atoms with Gasteiger partial charge in [-0.25, -0.2) is 12.8 Å². The lowest BCUT2D eigenvalue weighted by Gasteiger charge is -2.32. The molecule has 0 spiro atoms. The Hall–Kier alpha value is -3.30. The summed E-state index contributed by atoms with van der Waals surface area (Å²) in [6.45, 7) is 0. The largest absolute Gasteiger partial charge is 0.497 e. The number of methoxy groups -OCH3 is 1. The van der Waals surface area contributed by atoms with Crippen LogP contribution >= 0.6 is 0 Å². The van der Waals surface area contributed by atoms with E-state index in [-0.39, 0.29) is 28.7 Å². The molecule has 38 heavy (non-hydrogen) atoms. The van der Waals surface area contributed by atoms with Gasteiger partial charge in [-0.3, -0.25) is 10.1 Å². The summed E-state index contributed by atoms with van der Waals surface area (Å²) in [4.78, 5) is 13.2. The van der Waals surface area contributed by atoms with Gasteiger partial charge in [-0.05, 0) is 73.6 Å². The van der Waals surface area contributed by atoms with Crippen LogP contribution in [0, 0.1) is 23.1 Å². The number of rotatable bonds is 13. The number of nitrogens with zero attached hydrogens (tertiary/aromatic N) is 1. The van der Waals surface area contributed by atoms with Crippen molar-refractivity contribution in [3.8, 4) is 17.6 Å². The molecular formula is C26H28F3N3O5S. The highest BCUT2D eigenvalue weighted by Crippen LogP contribution is 2.37. The fraction of sp³-hybridized carbons (Fsp3) is 0.462. The van der Waals surface area contributed by atoms with Crippen molar-refractivity contribution in [2.24, 2.45) is 5.92 Å². The third kappa shape index (κ3) is 7.17. The van der Waals surface area contributed by atoms with E-state index in [4.69, 9.17) is 9.47 Å². The molecule has 0 unspecified atom stereocenters. The zero-order valence-corrected chi connectivity index (χ0v) is 21.4. The van der Waals surface area contributed by atoms with E-state index in [0.29, 0.717) is 12.8 Å². The van der Waals surface area contributed by atoms with E-state index in [1.165, 1.54) is 31.4 Å². The molecule has 4 rings (SSSR count). The number of nitriles is 1. The lowest BCUT2D eigenvalue weighted by Crippen LogP contribution is -2.56. The van der Waals surface area contributed by atoms with Crippen LogP contribution in [-0.2, 0) is 14.6 Å². The zero-order chi connectivity index (χ0) is 27.6. The zero-order valence-electron chi connectivity index (χ0n) is 20.6. The van der Waals surface area contributed by atoms with E-state index in [9.17, 15) is 22.9 Å². The van der Waals surface area contributed by atoms with E-state index < -0.39 is 51.0 Å². The Morgan fingerprint density at radius 2 is 1.87 bits per heavy atom. The second-order valence-electron chi connectivity index (χ2n) is 9.75. The van der Waals surface area contributed by atoms with Gasteiger partial charge in [0.05, 0.1) is 24.7 Å². The molecule has 0 heterocycles. The van der Waals surface area contributed by atoms with Crippen molar-refractivity contribution in [2.75, 3.05) is 18.6 Å². The van der Waals surface area contributed by atoms with Crippen molar-refractivity contribution in [1.29, 1.82) is 5.26 Å². The van der Waals surface area contributed by atoms with Crippen LogP contribution in [0.25, 0.3) is 0 Å². The first-order chi connectivity index (χ1) is 17.9. The van der Waals surface area contributed by atoms with Gasteiger partial charge in [-0.2, -0.15) is 14.0 Å². The standard InChI is InChI=1S/C26H28F3N3O5S/c1-36-21-4-2-3-18(13-21)23(26(28,29)37-20-9-7-19(27)8-10-20)31-22(15-38(34,35)14-17-5-6-17)24(33)32-25(16-30)11-12-25/h2-4,7-10,13,17,22-23,31H,5-6,11-12,14-15H2,1H3,(H,32,33)/t22-,23-/m0/s1. The van der Waals surface area contributed by atoms with Gasteiger partial charge in [0.15, 0.2) is 9.84 Å². The summed E-state index contributed by atoms with van der Waals surface area (Å²) in [7, 11) is -2.46. The molecule has 2 aliphatic carbocycles. The van der Waals surface area contributed by atoms with Gasteiger partial charge < -0.3 is 14.8 Å². The molecule has 0 bridgehead atoms. The fourth-order valence-electron chi connectivity index (χ4n) is 4.01. The second kappa shape index (κ2) is 10.8. The smallest absolute Gasteiger partial charge is 0.417 e. The monoisotopic (exact) mass is 551 g/mol. The predicted octanol–water partition coefficient (Wildman–Crippen LogP) is 3.50. The molecular weight excluding hydrogens is 523 g/mol. The number of hydrogen-bond donors (Lipinski definition) is 2. The molecule has 2 saturated carbocycles. The summed E-state index contributed by atoms with van der Waals surface area (Å²) in [6, 6.07) is 7.97. The molecule has 2 fully saturated rings. The van der Waals surface area contributed by atoms with E-state index in [1.54, 1.807) is 0 Å². The topological polar surface area (TPSA) is 118 Å². The molecule has 0 saturated heterocycles. The molecule has 0 radical (unpaired) electrons. The first-order valence-electron chi connectivity index (χ1n) is 12.1. The van der Waals surface area contributed by atoms with Crippen LogP contribution < -0.4 is 20.1 Å². The Bertz CT molecular complexity index is 1310. The molecule has 0 aliphatic heterocycles. The van der Waals surface area contributed by atoms with Gasteiger partial charge in [-0.1, -0.05) is 12.1 Å². The number of halogens is 3. The molecule has 2 aliphatic rings. The van der Waals surface area contributed by atoms with Gasteiger partial charge >= 0.3 is 6.11 Å². The van der Waals surface area contributed by atoms with Crippen molar-refractivity contribution in [3.63, 3.8) is 0 Å². The molecule has 1 amide bonds. The van der Waals surface area contributed by atoms with E-state index >= 15 is 8.78 Å². The van der Waals surface area contributed by atoms with Crippen LogP contribution in [0.5, 0.6) is 11.5 Å². The SMILES string of the molecule is COc1cccc([C@H](N[C@@H](CS(=O)(=O)CC2CC2)C(=O)NC2(C#N)CC2)C(F)(F)Oc2ccc(F)cc2)c1. The fourth-order valence-corrected chi connectivity index (χ4v) is 5.95. The third-order valence-electron chi connectivity index (χ3n) is 6.45. The quantitative estimate of drug-likeness (QED) is 0.391. The summed E-state index contributed by atoms with van der Waals surface area (Å²) < 4.78 is 80.6. The minimum Gasteiger partial charge on any atom is -0.497 e. The van der Waals surface area contributed by atoms with Gasteiger partial charge in [0.1, 0.15) is 34.9 Å². The van der Waals surface area contributed by atoms with Crippen molar-refractivity contribution in [2.45, 2.75) is 49.4 Å². The van der Waals surface area contributed by atoms with Crippen molar-refractivity contribution < 1.29 is 35.9 Å². The number of carbonyl (C=O) groups is 1. The van der Waals surface area contributed by atoms with Crippen LogP contribution in [0.15, 0.2) is 48.5 Å². The van der Waals surface area contributed by atoms with Gasteiger partial charge in [-0.15, -0.1) is 0 Å². The predicted molar refractivity (Wildman–Crippen MR) is 132 cm³/mol. The highest BCUT2D eigenvalue weighted by molar-refractivity contribution is 7.91. The third-order valence-corrected chi connectivity index (χ3v) is 8.27. The van der Waals surface area contributed by atoms with Crippen LogP contribution in [0.4, 0.5) is 13.2 Å². The Morgan fingerprint density at radius 1 is 1.18 bits per heavy atom. The van der Waals surface area contributed by atoms with E-state index in [0.717, 1.165) is 37.1 Å². The second-order valence-corrected chi connectivity index (χ2v) is 11.9. The highest BCUT2D eigenvalue weighted by atomic mass is 32.2. The summed E-state index contributed by atoms with van der Waals surface area (Å²) in [5.74, 6) is -2.54. The summed E-state index contributed by atoms with van der Waals surface area (Å²) in [5, 5.41) is 14.4. The number of hydrogen-bond acceptors (Lipinski definition) is 7. The Morgan fingerprint density at radius 3 is 2.45 bits per heavy atom. The maximum absolute atomic E-state index is 15.7. The van der Waals surface area contributed by atoms with Crippen LogP contribution in [0.1, 0.15) is 37.3 Å². The van der Waals surface area contributed by atoms with Crippen molar-refractivity contribution >= 4 is 15.7 Å². The van der Waals surface area contributed by atoms with Crippen LogP contribution in [-0.4, -0.2) is 50.6 Å². The first-order valence-corrected chi connectivity index (χ1v) is 13.9. The number of ether oxygens (including phenoxy) is 2. The minimum atomic E-state index is -4.03. The number of carbonyl (C=O) groups excluding carboxylic acids is 1. The lowest BCUT2D eigenvalue weighted by atomic mass is 10.0. The molecule has 2 atom stereocenters. The highest BCUT2D eigenvalue weighted by Gasteiger charge is 2.49. The molecule has 2 aromatic rings. The van der Waals surface area contributed by atoms with Gasteiger partial charge in [0, 0.05) is 0 Å². The molecule has 2 aromatic carbocycles. The van der Waals surface area contributed by atoms with E-state index in [2.05, 4.69) is 10.6 Å². The number of alkyl halides is 2. The lowest BCUT2D eigenvalue weighted by molar-refractivity contribution is -0.202. The number of sulfone groups is 1. The first kappa shape index (κ1) is 27.7. The average Bonchev–Trinajstić information content (AvgIpc) is 3.81. The Balaban J connectivity index is 1.67. The van der Waals surface area contributed by atoms with Crippen molar-refractivity contribution in [3.05, 3.63) is 59.9 Å². The normalized spacial score (nSPS) is 18.1. The van der Waals surface area contributed by atoms with E-state index in [1.807, 2.05) is 6.07 Å². The Labute approximate surface area is 219 Å². The molecule has 8 nitrogen and oxygen atoms in total. The Kier molecular flexibility index (Phi) is 7.90. The maximum atomic E-state index is 15.7. The van der Waals surface area contributed by atoms with Crippen LogP contribution in [0.2, 0.25) is 0 Å². The van der Waals surface area contributed by atoms with Gasteiger partial charge in [0.25, 0.3) is 0 Å². The maximum Gasteiger partial charge on any atom is 0.417 e. The molecule has 12 heteroatoms. The number of nitrogens with one attached hydrogen (secondary N) is 2. The molecule has 2 N–H and O–H groups in total. The average molecular weight is 552 g/mol. The van der Waals surface area contributed by atoms with Crippen molar-refractivity contribution in [1.82, 2.24) is 10.6 Å².